The molecule has 0 fully saturated rings. The van der Waals surface area contributed by atoms with Gasteiger partial charge in [0.1, 0.15) is 6.10 Å². The molecule has 2 aromatic rings. The molecule has 0 amide bonds. The summed E-state index contributed by atoms with van der Waals surface area (Å²) < 4.78 is 10.9. The summed E-state index contributed by atoms with van der Waals surface area (Å²) in [6.07, 6.45) is 1.63. The highest BCUT2D eigenvalue weighted by Crippen LogP contribution is 2.20. The van der Waals surface area contributed by atoms with E-state index in [0.29, 0.717) is 19.8 Å². The van der Waals surface area contributed by atoms with Gasteiger partial charge in [-0.3, -0.25) is 0 Å². The summed E-state index contributed by atoms with van der Waals surface area (Å²) in [5.41, 5.74) is 0.889. The molecule has 0 spiro atoms. The topological polar surface area (TPSA) is 38.7 Å². The summed E-state index contributed by atoms with van der Waals surface area (Å²) >= 11 is 0. The van der Waals surface area contributed by atoms with Crippen LogP contribution in [0, 0.1) is 0 Å². The summed E-state index contributed by atoms with van der Waals surface area (Å²) in [4.78, 5) is 0. The van der Waals surface area contributed by atoms with E-state index in [1.165, 1.54) is 5.39 Å². The number of ether oxygens (including phenoxy) is 2. The van der Waals surface area contributed by atoms with Gasteiger partial charge in [0, 0.05) is 6.61 Å². The summed E-state index contributed by atoms with van der Waals surface area (Å²) in [7, 11) is 0. The van der Waals surface area contributed by atoms with Gasteiger partial charge in [0.15, 0.2) is 0 Å². The first-order valence-corrected chi connectivity index (χ1v) is 7.63. The molecule has 1 N–H and O–H groups in total. The van der Waals surface area contributed by atoms with E-state index in [1.807, 2.05) is 36.4 Å². The lowest BCUT2D eigenvalue weighted by Gasteiger charge is -2.12. The summed E-state index contributed by atoms with van der Waals surface area (Å²) in [5, 5.41) is 12.5. The first-order valence-electron chi connectivity index (χ1n) is 7.63. The Morgan fingerprint density at radius 3 is 2.52 bits per heavy atom. The van der Waals surface area contributed by atoms with Gasteiger partial charge in [-0.2, -0.15) is 0 Å². The summed E-state index contributed by atoms with van der Waals surface area (Å²) in [6, 6.07) is 14.1. The van der Waals surface area contributed by atoms with Crippen molar-refractivity contribution >= 4 is 10.8 Å². The van der Waals surface area contributed by atoms with E-state index in [1.54, 1.807) is 0 Å². The Morgan fingerprint density at radius 2 is 1.71 bits per heavy atom. The minimum Gasteiger partial charge on any atom is -0.386 e. The number of aliphatic hydroxyl groups excluding tert-OH is 1. The molecule has 0 radical (unpaired) electrons. The molecule has 0 aliphatic carbocycles. The van der Waals surface area contributed by atoms with Gasteiger partial charge in [-0.25, -0.2) is 0 Å². The third kappa shape index (κ3) is 5.12. The van der Waals surface area contributed by atoms with Crippen LogP contribution in [-0.4, -0.2) is 31.5 Å². The fourth-order valence-electron chi connectivity index (χ4n) is 2.17. The molecule has 2 aromatic carbocycles. The van der Waals surface area contributed by atoms with E-state index < -0.39 is 6.10 Å². The second-order valence-corrected chi connectivity index (χ2v) is 5.16. The fourth-order valence-corrected chi connectivity index (χ4v) is 2.17. The Kier molecular flexibility index (Phi) is 6.67. The molecule has 0 aliphatic rings. The van der Waals surface area contributed by atoms with Crippen LogP contribution in [0.25, 0.3) is 10.8 Å². The number of benzene rings is 2. The van der Waals surface area contributed by atoms with Crippen LogP contribution in [0.3, 0.4) is 0 Å². The van der Waals surface area contributed by atoms with E-state index in [2.05, 4.69) is 13.0 Å². The van der Waals surface area contributed by atoms with Crippen molar-refractivity contribution in [2.45, 2.75) is 25.9 Å². The molecule has 0 heterocycles. The Labute approximate surface area is 126 Å². The maximum absolute atomic E-state index is 10.2. The summed E-state index contributed by atoms with van der Waals surface area (Å²) in [6.45, 7) is 4.33. The molecule has 0 saturated carbocycles. The maximum atomic E-state index is 10.2. The van der Waals surface area contributed by atoms with Gasteiger partial charge in [0.2, 0.25) is 0 Å². The third-order valence-corrected chi connectivity index (χ3v) is 3.45. The van der Waals surface area contributed by atoms with Crippen LogP contribution >= 0.6 is 0 Å². The van der Waals surface area contributed by atoms with E-state index in [9.17, 15) is 5.11 Å². The molecule has 0 aromatic heterocycles. The molecule has 21 heavy (non-hydrogen) atoms. The second kappa shape index (κ2) is 8.78. The van der Waals surface area contributed by atoms with Crippen LogP contribution in [0.5, 0.6) is 0 Å². The van der Waals surface area contributed by atoms with Crippen molar-refractivity contribution < 1.29 is 14.6 Å². The van der Waals surface area contributed by atoms with E-state index in [4.69, 9.17) is 9.47 Å². The van der Waals surface area contributed by atoms with Crippen LogP contribution in [0.15, 0.2) is 42.5 Å². The van der Waals surface area contributed by atoms with Gasteiger partial charge in [-0.1, -0.05) is 49.7 Å². The molecular weight excluding hydrogens is 264 g/mol. The van der Waals surface area contributed by atoms with E-state index in [-0.39, 0.29) is 0 Å². The van der Waals surface area contributed by atoms with Crippen LogP contribution in [0.4, 0.5) is 0 Å². The molecule has 1 atom stereocenters. The monoisotopic (exact) mass is 288 g/mol. The lowest BCUT2D eigenvalue weighted by atomic mass is 10.0. The average Bonchev–Trinajstić information content (AvgIpc) is 2.53. The average molecular weight is 288 g/mol. The molecule has 0 saturated heterocycles. The molecule has 114 valence electrons. The standard InChI is InChI=1S/C18H24O3/c1-2-3-10-20-11-12-21-14-18(19)17-9-8-15-6-4-5-7-16(15)13-17/h4-9,13,18-19H,2-3,10-12,14H2,1H3. The van der Waals surface area contributed by atoms with Crippen LogP contribution in [0.1, 0.15) is 31.4 Å². The van der Waals surface area contributed by atoms with Crippen LogP contribution in [0.2, 0.25) is 0 Å². The zero-order valence-corrected chi connectivity index (χ0v) is 12.6. The minimum absolute atomic E-state index is 0.301. The highest BCUT2D eigenvalue weighted by Gasteiger charge is 2.08. The predicted molar refractivity (Wildman–Crippen MR) is 85.5 cm³/mol. The first-order chi connectivity index (χ1) is 10.3. The van der Waals surface area contributed by atoms with Gasteiger partial charge >= 0.3 is 0 Å². The predicted octanol–water partition coefficient (Wildman–Crippen LogP) is 3.71. The molecule has 2 rings (SSSR count). The number of fused-ring (bicyclic) bond motifs is 1. The number of aliphatic hydroxyl groups is 1. The van der Waals surface area contributed by atoms with Gasteiger partial charge in [-0.15, -0.1) is 0 Å². The van der Waals surface area contributed by atoms with Gasteiger partial charge in [0.25, 0.3) is 0 Å². The Morgan fingerprint density at radius 1 is 0.952 bits per heavy atom. The lowest BCUT2D eigenvalue weighted by Crippen LogP contribution is -2.11. The quantitative estimate of drug-likeness (QED) is 0.715. The number of hydrogen-bond donors (Lipinski definition) is 1. The van der Waals surface area contributed by atoms with Crippen molar-refractivity contribution in [3.05, 3.63) is 48.0 Å². The lowest BCUT2D eigenvalue weighted by molar-refractivity contribution is 0.00279. The zero-order chi connectivity index (χ0) is 14.9. The maximum Gasteiger partial charge on any atom is 0.102 e. The van der Waals surface area contributed by atoms with Gasteiger partial charge in [-0.05, 0) is 28.8 Å². The van der Waals surface area contributed by atoms with Crippen molar-refractivity contribution in [3.63, 3.8) is 0 Å². The van der Waals surface area contributed by atoms with Gasteiger partial charge in [0.05, 0.1) is 19.8 Å². The van der Waals surface area contributed by atoms with Crippen LogP contribution in [-0.2, 0) is 9.47 Å². The number of rotatable bonds is 9. The molecule has 3 nitrogen and oxygen atoms in total. The van der Waals surface area contributed by atoms with Crippen molar-refractivity contribution in [1.29, 1.82) is 0 Å². The molecular formula is C18H24O3. The van der Waals surface area contributed by atoms with E-state index >= 15 is 0 Å². The molecule has 1 unspecified atom stereocenters. The van der Waals surface area contributed by atoms with Crippen molar-refractivity contribution in [1.82, 2.24) is 0 Å². The fraction of sp³-hybridized carbons (Fsp3) is 0.444. The second-order valence-electron chi connectivity index (χ2n) is 5.16. The third-order valence-electron chi connectivity index (χ3n) is 3.45. The smallest absolute Gasteiger partial charge is 0.102 e. The first kappa shape index (κ1) is 16.0. The Bertz CT molecular complexity index is 539. The largest absolute Gasteiger partial charge is 0.386 e. The van der Waals surface area contributed by atoms with Crippen molar-refractivity contribution in [2.24, 2.45) is 0 Å². The normalized spacial score (nSPS) is 12.7. The number of unbranched alkanes of at least 4 members (excludes halogenated alkanes) is 1. The highest BCUT2D eigenvalue weighted by molar-refractivity contribution is 5.83. The van der Waals surface area contributed by atoms with Crippen molar-refractivity contribution in [2.75, 3.05) is 26.4 Å². The minimum atomic E-state index is -0.592. The van der Waals surface area contributed by atoms with Crippen molar-refractivity contribution in [3.8, 4) is 0 Å². The zero-order valence-electron chi connectivity index (χ0n) is 12.6. The Hall–Kier alpha value is -1.42. The molecule has 3 heteroatoms. The van der Waals surface area contributed by atoms with E-state index in [0.717, 1.165) is 30.4 Å². The molecule has 0 bridgehead atoms. The van der Waals surface area contributed by atoms with Crippen LogP contribution < -0.4 is 0 Å². The summed E-state index contributed by atoms with van der Waals surface area (Å²) in [5.74, 6) is 0. The SMILES string of the molecule is CCCCOCCOCC(O)c1ccc2ccccc2c1. The Balaban J connectivity index is 1.75. The molecule has 0 aliphatic heterocycles. The van der Waals surface area contributed by atoms with Gasteiger partial charge < -0.3 is 14.6 Å². The highest BCUT2D eigenvalue weighted by atomic mass is 16.5. The number of hydrogen-bond acceptors (Lipinski definition) is 3.